The molecule has 2 heterocycles. The molecule has 1 aliphatic carbocycles. The summed E-state index contributed by atoms with van der Waals surface area (Å²) in [7, 11) is 0. The van der Waals surface area contributed by atoms with Crippen molar-refractivity contribution in [3.63, 3.8) is 0 Å². The second-order valence-electron chi connectivity index (χ2n) is 8.93. The number of carbonyl (C=O) groups excluding carboxylic acids is 2. The van der Waals surface area contributed by atoms with Gasteiger partial charge in [0.2, 0.25) is 11.8 Å². The van der Waals surface area contributed by atoms with E-state index in [4.69, 9.17) is 0 Å². The molecule has 0 aromatic heterocycles. The van der Waals surface area contributed by atoms with Gasteiger partial charge in [-0.2, -0.15) is 0 Å². The van der Waals surface area contributed by atoms with Gasteiger partial charge in [0, 0.05) is 50.9 Å². The molecule has 1 saturated carbocycles. The summed E-state index contributed by atoms with van der Waals surface area (Å²) in [6.07, 6.45) is 3.94. The van der Waals surface area contributed by atoms with E-state index < -0.39 is 0 Å². The average molecular weight is 384 g/mol. The number of nitrogens with zero attached hydrogens (tertiary/aromatic N) is 3. The van der Waals surface area contributed by atoms with Crippen molar-refractivity contribution >= 4 is 17.5 Å². The third kappa shape index (κ3) is 3.76. The number of likely N-dealkylation sites (tertiary alicyclic amines) is 1. The van der Waals surface area contributed by atoms with E-state index in [9.17, 15) is 9.59 Å². The molecular weight excluding hydrogens is 350 g/mol. The highest BCUT2D eigenvalue weighted by Crippen LogP contribution is 2.36. The van der Waals surface area contributed by atoms with Crippen LogP contribution in [-0.2, 0) is 9.59 Å². The van der Waals surface area contributed by atoms with E-state index in [0.717, 1.165) is 32.6 Å². The normalized spacial score (nSPS) is 31.4. The van der Waals surface area contributed by atoms with Gasteiger partial charge in [0.15, 0.2) is 0 Å². The number of piperazine rings is 1. The van der Waals surface area contributed by atoms with Crippen LogP contribution in [0.3, 0.4) is 0 Å². The maximum atomic E-state index is 13.1. The van der Waals surface area contributed by atoms with E-state index in [1.165, 1.54) is 18.5 Å². The number of para-hydroxylation sites is 1. The van der Waals surface area contributed by atoms with Gasteiger partial charge >= 0.3 is 0 Å². The topological polar surface area (TPSA) is 43.9 Å². The van der Waals surface area contributed by atoms with Crippen LogP contribution in [0.1, 0.15) is 39.5 Å². The minimum atomic E-state index is -0.153. The predicted molar refractivity (Wildman–Crippen MR) is 111 cm³/mol. The first-order chi connectivity index (χ1) is 13.5. The lowest BCUT2D eigenvalue weighted by atomic mass is 9.77. The highest BCUT2D eigenvalue weighted by atomic mass is 16.2. The van der Waals surface area contributed by atoms with Gasteiger partial charge in [0.1, 0.15) is 0 Å². The van der Waals surface area contributed by atoms with Crippen LogP contribution >= 0.6 is 0 Å². The number of hydrogen-bond donors (Lipinski definition) is 0. The molecule has 5 heteroatoms. The second-order valence-corrected chi connectivity index (χ2v) is 8.93. The Kier molecular flexibility index (Phi) is 5.61. The Bertz CT molecular complexity index is 699. The third-order valence-corrected chi connectivity index (χ3v) is 7.28. The zero-order chi connectivity index (χ0) is 19.7. The Morgan fingerprint density at radius 2 is 1.71 bits per heavy atom. The number of benzene rings is 1. The molecule has 152 valence electrons. The molecule has 5 nitrogen and oxygen atoms in total. The Morgan fingerprint density at radius 1 is 1.00 bits per heavy atom. The van der Waals surface area contributed by atoms with E-state index in [-0.39, 0.29) is 17.7 Å². The van der Waals surface area contributed by atoms with Crippen molar-refractivity contribution in [2.24, 2.45) is 17.8 Å². The van der Waals surface area contributed by atoms with Crippen molar-refractivity contribution in [1.29, 1.82) is 0 Å². The van der Waals surface area contributed by atoms with E-state index in [1.807, 2.05) is 15.9 Å². The van der Waals surface area contributed by atoms with Crippen molar-refractivity contribution in [2.75, 3.05) is 37.6 Å². The predicted octanol–water partition coefficient (Wildman–Crippen LogP) is 3.01. The number of amides is 2. The van der Waals surface area contributed by atoms with Gasteiger partial charge in [-0.15, -0.1) is 0 Å². The van der Waals surface area contributed by atoms with Crippen LogP contribution in [0.25, 0.3) is 0 Å². The Morgan fingerprint density at radius 3 is 2.43 bits per heavy atom. The molecular formula is C23H33N3O2. The molecule has 1 aromatic rings. The zero-order valence-electron chi connectivity index (χ0n) is 17.2. The molecule has 4 atom stereocenters. The van der Waals surface area contributed by atoms with Gasteiger partial charge in [0.05, 0.1) is 5.92 Å². The summed E-state index contributed by atoms with van der Waals surface area (Å²) >= 11 is 0. The fourth-order valence-electron chi connectivity index (χ4n) is 5.29. The van der Waals surface area contributed by atoms with Crippen LogP contribution in [0, 0.1) is 17.8 Å². The van der Waals surface area contributed by atoms with E-state index in [2.05, 4.69) is 43.0 Å². The summed E-state index contributed by atoms with van der Waals surface area (Å²) in [5.41, 5.74) is 1.22. The van der Waals surface area contributed by atoms with Crippen LogP contribution in [0.2, 0.25) is 0 Å². The first kappa shape index (κ1) is 19.3. The maximum absolute atomic E-state index is 13.1. The largest absolute Gasteiger partial charge is 0.368 e. The molecule has 0 unspecified atom stereocenters. The standard InChI is InChI=1S/C23H33N3O2/c1-17-7-6-10-21(18(17)2)26-16-19(15-22(26)27)23(28)25-13-11-24(12-14-25)20-8-4-3-5-9-20/h3-5,8-9,17-19,21H,6-7,10-16H2,1-2H3/t17-,18+,19+,21-/m0/s1. The molecule has 0 N–H and O–H groups in total. The van der Waals surface area contributed by atoms with Gasteiger partial charge < -0.3 is 14.7 Å². The Labute approximate surface area is 168 Å². The Hall–Kier alpha value is -2.04. The van der Waals surface area contributed by atoms with Crippen molar-refractivity contribution < 1.29 is 9.59 Å². The fraction of sp³-hybridized carbons (Fsp3) is 0.652. The monoisotopic (exact) mass is 383 g/mol. The smallest absolute Gasteiger partial charge is 0.228 e. The van der Waals surface area contributed by atoms with Crippen LogP contribution in [0.15, 0.2) is 30.3 Å². The van der Waals surface area contributed by atoms with E-state index in [0.29, 0.717) is 30.8 Å². The minimum absolute atomic E-state index is 0.153. The lowest BCUT2D eigenvalue weighted by Gasteiger charge is -2.40. The molecule has 2 amide bonds. The van der Waals surface area contributed by atoms with E-state index >= 15 is 0 Å². The molecule has 0 bridgehead atoms. The van der Waals surface area contributed by atoms with Crippen molar-refractivity contribution in [1.82, 2.24) is 9.80 Å². The molecule has 0 spiro atoms. The summed E-state index contributed by atoms with van der Waals surface area (Å²) in [6, 6.07) is 10.7. The summed E-state index contributed by atoms with van der Waals surface area (Å²) in [5, 5.41) is 0. The average Bonchev–Trinajstić information content (AvgIpc) is 3.12. The molecule has 28 heavy (non-hydrogen) atoms. The van der Waals surface area contributed by atoms with Crippen molar-refractivity contribution in [3.8, 4) is 0 Å². The van der Waals surface area contributed by atoms with Crippen LogP contribution < -0.4 is 4.90 Å². The lowest BCUT2D eigenvalue weighted by molar-refractivity contribution is -0.136. The number of rotatable bonds is 3. The van der Waals surface area contributed by atoms with Gasteiger partial charge in [0.25, 0.3) is 0 Å². The molecule has 3 fully saturated rings. The molecule has 3 aliphatic rings. The van der Waals surface area contributed by atoms with Crippen LogP contribution in [0.5, 0.6) is 0 Å². The van der Waals surface area contributed by atoms with Crippen molar-refractivity contribution in [3.05, 3.63) is 30.3 Å². The minimum Gasteiger partial charge on any atom is -0.368 e. The van der Waals surface area contributed by atoms with Crippen LogP contribution in [0.4, 0.5) is 5.69 Å². The van der Waals surface area contributed by atoms with Gasteiger partial charge in [-0.05, 0) is 30.4 Å². The summed E-state index contributed by atoms with van der Waals surface area (Å²) in [4.78, 5) is 32.2. The highest BCUT2D eigenvalue weighted by Gasteiger charge is 2.42. The molecule has 2 saturated heterocycles. The summed E-state index contributed by atoms with van der Waals surface area (Å²) in [5.74, 6) is 1.40. The summed E-state index contributed by atoms with van der Waals surface area (Å²) < 4.78 is 0. The number of carbonyl (C=O) groups is 2. The first-order valence-corrected chi connectivity index (χ1v) is 10.9. The lowest BCUT2D eigenvalue weighted by Crippen LogP contribution is -2.51. The van der Waals surface area contributed by atoms with Gasteiger partial charge in [-0.1, -0.05) is 44.9 Å². The van der Waals surface area contributed by atoms with Gasteiger partial charge in [-0.25, -0.2) is 0 Å². The zero-order valence-corrected chi connectivity index (χ0v) is 17.2. The SMILES string of the molecule is C[C@@H]1[C@@H](C)CCC[C@@H]1N1C[C@H](C(=O)N2CCN(c3ccccc3)CC2)CC1=O. The van der Waals surface area contributed by atoms with Crippen molar-refractivity contribution in [2.45, 2.75) is 45.6 Å². The molecule has 0 radical (unpaired) electrons. The third-order valence-electron chi connectivity index (χ3n) is 7.28. The second kappa shape index (κ2) is 8.14. The Balaban J connectivity index is 1.34. The quantitative estimate of drug-likeness (QED) is 0.806. The fourth-order valence-corrected chi connectivity index (χ4v) is 5.29. The first-order valence-electron chi connectivity index (χ1n) is 10.9. The molecule has 1 aromatic carbocycles. The number of anilines is 1. The maximum Gasteiger partial charge on any atom is 0.228 e. The highest BCUT2D eigenvalue weighted by molar-refractivity contribution is 5.89. The van der Waals surface area contributed by atoms with E-state index in [1.54, 1.807) is 0 Å². The molecule has 2 aliphatic heterocycles. The van der Waals surface area contributed by atoms with Gasteiger partial charge in [-0.3, -0.25) is 9.59 Å². The summed E-state index contributed by atoms with van der Waals surface area (Å²) in [6.45, 7) is 8.41. The van der Waals surface area contributed by atoms with Crippen LogP contribution in [-0.4, -0.2) is 60.4 Å². The number of hydrogen-bond acceptors (Lipinski definition) is 3. The molecule has 4 rings (SSSR count).